The van der Waals surface area contributed by atoms with Gasteiger partial charge in [-0.25, -0.2) is 8.42 Å². The number of furan rings is 1. The van der Waals surface area contributed by atoms with E-state index < -0.39 is 27.8 Å². The summed E-state index contributed by atoms with van der Waals surface area (Å²) < 4.78 is 30.1. The number of sulfone groups is 1. The summed E-state index contributed by atoms with van der Waals surface area (Å²) in [5, 5.41) is 28.4. The topological polar surface area (TPSA) is 108 Å². The third-order valence-corrected chi connectivity index (χ3v) is 7.04. The van der Waals surface area contributed by atoms with E-state index in [4.69, 9.17) is 9.52 Å². The molecule has 7 heteroatoms. The molecule has 0 saturated carbocycles. The van der Waals surface area contributed by atoms with Crippen molar-refractivity contribution >= 4 is 15.9 Å². The van der Waals surface area contributed by atoms with Crippen molar-refractivity contribution in [2.75, 3.05) is 12.4 Å². The molecule has 0 radical (unpaired) electrons. The molecule has 0 spiro atoms. The van der Waals surface area contributed by atoms with Crippen molar-refractivity contribution in [3.8, 4) is 0 Å². The lowest BCUT2D eigenvalue weighted by molar-refractivity contribution is 0.188. The SMILES string of the molecule is CCCC1=C([C@H](O)CC/C(=C/c2ccc(CO)o2)CC)[C@H](CO)S(=O)(=O)C1. The zero-order valence-electron chi connectivity index (χ0n) is 16.0. The first kappa shape index (κ1) is 21.9. The Morgan fingerprint density at radius 2 is 2.07 bits per heavy atom. The second-order valence-electron chi connectivity index (χ2n) is 6.96. The minimum atomic E-state index is -3.43. The van der Waals surface area contributed by atoms with E-state index in [-0.39, 0.29) is 12.4 Å². The van der Waals surface area contributed by atoms with Crippen molar-refractivity contribution in [3.05, 3.63) is 40.4 Å². The summed E-state index contributed by atoms with van der Waals surface area (Å²) in [5.74, 6) is 1.08. The molecule has 0 amide bonds. The van der Waals surface area contributed by atoms with E-state index in [1.807, 2.05) is 19.9 Å². The van der Waals surface area contributed by atoms with Gasteiger partial charge in [0, 0.05) is 0 Å². The summed E-state index contributed by atoms with van der Waals surface area (Å²) in [6.07, 6.45) is 4.17. The monoisotopic (exact) mass is 398 g/mol. The lowest BCUT2D eigenvalue weighted by Crippen LogP contribution is -2.29. The van der Waals surface area contributed by atoms with E-state index in [9.17, 15) is 18.6 Å². The molecule has 0 aromatic carbocycles. The molecule has 27 heavy (non-hydrogen) atoms. The Kier molecular flexibility index (Phi) is 7.85. The smallest absolute Gasteiger partial charge is 0.163 e. The molecule has 2 atom stereocenters. The van der Waals surface area contributed by atoms with Crippen LogP contribution in [0.5, 0.6) is 0 Å². The number of aliphatic hydroxyl groups is 3. The molecule has 2 rings (SSSR count). The Labute approximate surface area is 161 Å². The second kappa shape index (κ2) is 9.68. The molecule has 3 N–H and O–H groups in total. The van der Waals surface area contributed by atoms with Crippen molar-refractivity contribution in [3.63, 3.8) is 0 Å². The van der Waals surface area contributed by atoms with E-state index in [2.05, 4.69) is 0 Å². The van der Waals surface area contributed by atoms with Crippen LogP contribution in [0.2, 0.25) is 0 Å². The number of allylic oxidation sites excluding steroid dienone is 1. The van der Waals surface area contributed by atoms with Crippen LogP contribution in [0.3, 0.4) is 0 Å². The number of hydrogen-bond acceptors (Lipinski definition) is 6. The molecule has 1 aromatic rings. The van der Waals surface area contributed by atoms with Gasteiger partial charge in [-0.15, -0.1) is 0 Å². The molecule has 152 valence electrons. The maximum atomic E-state index is 12.3. The van der Waals surface area contributed by atoms with E-state index in [0.29, 0.717) is 36.4 Å². The molecule has 0 bridgehead atoms. The van der Waals surface area contributed by atoms with Crippen molar-refractivity contribution in [1.29, 1.82) is 0 Å². The zero-order chi connectivity index (χ0) is 20.0. The predicted molar refractivity (Wildman–Crippen MR) is 105 cm³/mol. The van der Waals surface area contributed by atoms with Crippen LogP contribution in [0.4, 0.5) is 0 Å². The van der Waals surface area contributed by atoms with Gasteiger partial charge in [0.25, 0.3) is 0 Å². The molecular weight excluding hydrogens is 368 g/mol. The number of rotatable bonds is 10. The second-order valence-corrected chi connectivity index (χ2v) is 9.14. The van der Waals surface area contributed by atoms with Crippen molar-refractivity contribution < 1.29 is 28.2 Å². The van der Waals surface area contributed by atoms with Gasteiger partial charge in [-0.2, -0.15) is 0 Å². The van der Waals surface area contributed by atoms with Crippen molar-refractivity contribution in [2.45, 2.75) is 63.9 Å². The van der Waals surface area contributed by atoms with Crippen LogP contribution in [0, 0.1) is 0 Å². The van der Waals surface area contributed by atoms with E-state index >= 15 is 0 Å². The molecule has 2 heterocycles. The first-order chi connectivity index (χ1) is 12.9. The average Bonchev–Trinajstić information content (AvgIpc) is 3.19. The summed E-state index contributed by atoms with van der Waals surface area (Å²) in [5.41, 5.74) is 2.31. The van der Waals surface area contributed by atoms with Crippen LogP contribution in [0.25, 0.3) is 6.08 Å². The molecule has 1 aromatic heterocycles. The van der Waals surface area contributed by atoms with Gasteiger partial charge in [0.05, 0.1) is 18.5 Å². The molecule has 1 aliphatic heterocycles. The molecule has 0 fully saturated rings. The Balaban J connectivity index is 2.13. The zero-order valence-corrected chi connectivity index (χ0v) is 16.8. The minimum absolute atomic E-state index is 0.0642. The van der Waals surface area contributed by atoms with Crippen LogP contribution < -0.4 is 0 Å². The number of hydrogen-bond donors (Lipinski definition) is 3. The van der Waals surface area contributed by atoms with Crippen LogP contribution in [0.1, 0.15) is 57.5 Å². The molecule has 0 unspecified atom stereocenters. The van der Waals surface area contributed by atoms with Gasteiger partial charge in [0.15, 0.2) is 9.84 Å². The van der Waals surface area contributed by atoms with Crippen LogP contribution >= 0.6 is 0 Å². The van der Waals surface area contributed by atoms with Crippen LogP contribution in [0.15, 0.2) is 33.3 Å². The summed E-state index contributed by atoms with van der Waals surface area (Å²) in [4.78, 5) is 0. The lowest BCUT2D eigenvalue weighted by atomic mass is 9.93. The Bertz CT molecular complexity index is 787. The highest BCUT2D eigenvalue weighted by atomic mass is 32.2. The Morgan fingerprint density at radius 3 is 2.63 bits per heavy atom. The lowest BCUT2D eigenvalue weighted by Gasteiger charge is -2.19. The average molecular weight is 399 g/mol. The highest BCUT2D eigenvalue weighted by Crippen LogP contribution is 2.34. The normalized spacial score (nSPS) is 21.1. The third kappa shape index (κ3) is 5.31. The highest BCUT2D eigenvalue weighted by molar-refractivity contribution is 7.92. The van der Waals surface area contributed by atoms with E-state index in [1.54, 1.807) is 12.1 Å². The first-order valence-corrected chi connectivity index (χ1v) is 11.2. The van der Waals surface area contributed by atoms with Gasteiger partial charge in [-0.05, 0) is 49.5 Å². The molecule has 0 aliphatic carbocycles. The first-order valence-electron chi connectivity index (χ1n) is 9.47. The summed E-state index contributed by atoms with van der Waals surface area (Å²) >= 11 is 0. The quantitative estimate of drug-likeness (QED) is 0.523. The maximum absolute atomic E-state index is 12.3. The fourth-order valence-corrected chi connectivity index (χ4v) is 5.55. The van der Waals surface area contributed by atoms with Gasteiger partial charge < -0.3 is 19.7 Å². The Morgan fingerprint density at radius 1 is 1.33 bits per heavy atom. The standard InChI is InChI=1S/C20H30O6S/c1-3-5-15-13-27(24,25)19(12-22)20(15)18(23)9-6-14(4-2)10-16-7-8-17(11-21)26-16/h7-8,10,18-19,21-23H,3-6,9,11-13H2,1-2H3/b14-10+/t18-,19+/m1/s1. The molecule has 1 aliphatic rings. The fourth-order valence-electron chi connectivity index (χ4n) is 3.62. The number of aliphatic hydroxyl groups excluding tert-OH is 3. The van der Waals surface area contributed by atoms with Gasteiger partial charge in [-0.1, -0.05) is 31.4 Å². The van der Waals surface area contributed by atoms with Crippen LogP contribution in [-0.4, -0.2) is 47.5 Å². The Hall–Kier alpha value is -1.41. The maximum Gasteiger partial charge on any atom is 0.163 e. The highest BCUT2D eigenvalue weighted by Gasteiger charge is 2.40. The van der Waals surface area contributed by atoms with Gasteiger partial charge >= 0.3 is 0 Å². The van der Waals surface area contributed by atoms with Crippen molar-refractivity contribution in [1.82, 2.24) is 0 Å². The van der Waals surface area contributed by atoms with Crippen molar-refractivity contribution in [2.24, 2.45) is 0 Å². The van der Waals surface area contributed by atoms with E-state index in [1.165, 1.54) is 0 Å². The van der Waals surface area contributed by atoms with Crippen LogP contribution in [-0.2, 0) is 16.4 Å². The van der Waals surface area contributed by atoms with Gasteiger partial charge in [0.1, 0.15) is 23.4 Å². The predicted octanol–water partition coefficient (Wildman–Crippen LogP) is 2.59. The largest absolute Gasteiger partial charge is 0.459 e. The minimum Gasteiger partial charge on any atom is -0.459 e. The van der Waals surface area contributed by atoms with E-state index in [0.717, 1.165) is 24.0 Å². The van der Waals surface area contributed by atoms with Gasteiger partial charge in [0.2, 0.25) is 0 Å². The third-order valence-electron chi connectivity index (χ3n) is 5.02. The fraction of sp³-hybridized carbons (Fsp3) is 0.600. The summed E-state index contributed by atoms with van der Waals surface area (Å²) in [6, 6.07) is 3.50. The van der Waals surface area contributed by atoms with Gasteiger partial charge in [-0.3, -0.25) is 0 Å². The summed E-state index contributed by atoms with van der Waals surface area (Å²) in [6.45, 7) is 3.33. The molecule has 0 saturated heterocycles. The summed E-state index contributed by atoms with van der Waals surface area (Å²) in [7, 11) is -3.43. The molecular formula is C20H30O6S. The molecule has 6 nitrogen and oxygen atoms in total.